The van der Waals surface area contributed by atoms with E-state index in [4.69, 9.17) is 10.2 Å². The van der Waals surface area contributed by atoms with Crippen LogP contribution in [0.5, 0.6) is 0 Å². The van der Waals surface area contributed by atoms with Crippen molar-refractivity contribution in [3.05, 3.63) is 0 Å². The van der Waals surface area contributed by atoms with Gasteiger partial charge in [0.25, 0.3) is 5.92 Å². The number of rotatable bonds is 3. The standard InChI is InChI=1S/C5H8O4/c1-2-3(4(6)7)5(8)9/h3H,2H2,1H3,(H,6,7)(H,8,9)/p+2. The third-order valence-corrected chi connectivity index (χ3v) is 1.04. The second-order valence-electron chi connectivity index (χ2n) is 1.69. The first-order valence-corrected chi connectivity index (χ1v) is 2.60. The van der Waals surface area contributed by atoms with Crippen molar-refractivity contribution in [3.8, 4) is 0 Å². The average Bonchev–Trinajstić information content (AvgIpc) is 1.64. The van der Waals surface area contributed by atoms with E-state index in [2.05, 4.69) is 0 Å². The van der Waals surface area contributed by atoms with Crippen LogP contribution in [0, 0.1) is 5.92 Å². The largest absolute Gasteiger partial charge is 0.564 e. The Balaban J connectivity index is 3.99. The smallest absolute Gasteiger partial charge is 0.536 e. The Kier molecular flexibility index (Phi) is 2.70. The number of hydrogen-bond donors (Lipinski definition) is 0. The third kappa shape index (κ3) is 2.12. The molecule has 0 heterocycles. The van der Waals surface area contributed by atoms with Gasteiger partial charge in [-0.15, -0.1) is 0 Å². The van der Waals surface area contributed by atoms with Gasteiger partial charge in [-0.2, -0.15) is 0 Å². The molecule has 9 heavy (non-hydrogen) atoms. The van der Waals surface area contributed by atoms with E-state index >= 15 is 0 Å². The van der Waals surface area contributed by atoms with Crippen LogP contribution < -0.4 is 0 Å². The molecule has 0 aliphatic rings. The van der Waals surface area contributed by atoms with Crippen molar-refractivity contribution in [3.63, 3.8) is 0 Å². The van der Waals surface area contributed by atoms with Crippen molar-refractivity contribution in [2.24, 2.45) is 5.92 Å². The Hall–Kier alpha value is -1.06. The highest BCUT2D eigenvalue weighted by Crippen LogP contribution is 2.00. The van der Waals surface area contributed by atoms with Crippen molar-refractivity contribution in [2.75, 3.05) is 0 Å². The van der Waals surface area contributed by atoms with Crippen LogP contribution in [0.25, 0.3) is 0 Å². The van der Waals surface area contributed by atoms with E-state index in [1.165, 1.54) is 0 Å². The summed E-state index contributed by atoms with van der Waals surface area (Å²) in [5.41, 5.74) is 0. The average molecular weight is 134 g/mol. The van der Waals surface area contributed by atoms with E-state index in [-0.39, 0.29) is 6.42 Å². The first-order valence-electron chi connectivity index (χ1n) is 2.60. The lowest BCUT2D eigenvalue weighted by Crippen LogP contribution is -2.21. The normalized spacial score (nSPS) is 9.56. The molecule has 0 saturated carbocycles. The fraction of sp³-hybridized carbons (Fsp3) is 0.600. The monoisotopic (exact) mass is 134 g/mol. The maximum Gasteiger partial charge on any atom is 0.536 e. The molecule has 0 atom stereocenters. The summed E-state index contributed by atoms with van der Waals surface area (Å²) in [6.45, 7) is 1.60. The first kappa shape index (κ1) is 7.94. The van der Waals surface area contributed by atoms with Crippen molar-refractivity contribution in [1.82, 2.24) is 0 Å². The number of hydrogen-bond acceptors (Lipinski definition) is 2. The van der Waals surface area contributed by atoms with Crippen molar-refractivity contribution < 1.29 is 19.8 Å². The summed E-state index contributed by atoms with van der Waals surface area (Å²) in [6.07, 6.45) is 0.255. The van der Waals surface area contributed by atoms with E-state index in [1.807, 2.05) is 0 Å². The Labute approximate surface area is 52.1 Å². The third-order valence-electron chi connectivity index (χ3n) is 1.04. The summed E-state index contributed by atoms with van der Waals surface area (Å²) in [7, 11) is 0. The molecule has 0 aromatic carbocycles. The quantitative estimate of drug-likeness (QED) is 0.348. The highest BCUT2D eigenvalue weighted by atomic mass is 16.4. The lowest BCUT2D eigenvalue weighted by atomic mass is 10.1. The minimum atomic E-state index is -1.02. The lowest BCUT2D eigenvalue weighted by molar-refractivity contribution is -0.154. The summed E-state index contributed by atoms with van der Waals surface area (Å²) in [4.78, 5) is 20.3. The van der Waals surface area contributed by atoms with Crippen LogP contribution in [0.4, 0.5) is 0 Å². The summed E-state index contributed by atoms with van der Waals surface area (Å²) < 4.78 is 0. The van der Waals surface area contributed by atoms with Crippen LogP contribution in [0.3, 0.4) is 0 Å². The highest BCUT2D eigenvalue weighted by molar-refractivity contribution is 5.92. The molecule has 4 nitrogen and oxygen atoms in total. The second kappa shape index (κ2) is 3.06. The fourth-order valence-corrected chi connectivity index (χ4v) is 0.490. The van der Waals surface area contributed by atoms with Crippen LogP contribution in [-0.4, -0.2) is 22.2 Å². The predicted octanol–water partition coefficient (Wildman–Crippen LogP) is -1.49. The molecule has 0 fully saturated rings. The molecule has 0 aromatic heterocycles. The Bertz CT molecular complexity index is 115. The van der Waals surface area contributed by atoms with Crippen LogP contribution in [0.1, 0.15) is 13.3 Å². The van der Waals surface area contributed by atoms with Gasteiger partial charge in [0.05, 0.1) is 0 Å². The summed E-state index contributed by atoms with van der Waals surface area (Å²) in [5, 5.41) is 13.0. The number of carbonyl (C=O) groups excluding carboxylic acids is 2. The molecule has 0 aliphatic heterocycles. The minimum Gasteiger partial charge on any atom is -0.564 e. The zero-order chi connectivity index (χ0) is 7.44. The van der Waals surface area contributed by atoms with Gasteiger partial charge in [0.2, 0.25) is 0 Å². The van der Waals surface area contributed by atoms with Gasteiger partial charge in [0.1, 0.15) is 0 Å². The van der Waals surface area contributed by atoms with Crippen molar-refractivity contribution in [2.45, 2.75) is 13.3 Å². The predicted molar refractivity (Wildman–Crippen MR) is 31.0 cm³/mol. The van der Waals surface area contributed by atoms with Gasteiger partial charge in [-0.3, -0.25) is 0 Å². The van der Waals surface area contributed by atoms with E-state index in [0.717, 1.165) is 0 Å². The Morgan fingerprint density at radius 1 is 1.33 bits per heavy atom. The number of carbonyl (C=O) groups is 2. The van der Waals surface area contributed by atoms with Gasteiger partial charge >= 0.3 is 11.9 Å². The molecule has 0 spiro atoms. The molecular weight excluding hydrogens is 124 g/mol. The first-order chi connectivity index (χ1) is 4.09. The van der Waals surface area contributed by atoms with Crippen LogP contribution >= 0.6 is 0 Å². The van der Waals surface area contributed by atoms with Gasteiger partial charge in [0.15, 0.2) is 0 Å². The maximum absolute atomic E-state index is 10.1. The topological polar surface area (TPSA) is 79.9 Å². The fourth-order valence-electron chi connectivity index (χ4n) is 0.490. The van der Waals surface area contributed by atoms with Gasteiger partial charge < -0.3 is 10.2 Å². The molecule has 4 heteroatoms. The molecule has 0 unspecified atom stereocenters. The van der Waals surface area contributed by atoms with Crippen molar-refractivity contribution in [1.29, 1.82) is 0 Å². The maximum atomic E-state index is 10.1. The van der Waals surface area contributed by atoms with Crippen LogP contribution in [0.15, 0.2) is 0 Å². The van der Waals surface area contributed by atoms with E-state index in [1.54, 1.807) is 6.92 Å². The SMILES string of the molecule is CCC(C(=O)[OH2+])C(=O)[OH2+]. The Morgan fingerprint density at radius 2 is 1.67 bits per heavy atom. The van der Waals surface area contributed by atoms with E-state index < -0.39 is 17.9 Å². The van der Waals surface area contributed by atoms with Crippen LogP contribution in [0.2, 0.25) is 0 Å². The van der Waals surface area contributed by atoms with Gasteiger partial charge in [-0.25, -0.2) is 0 Å². The lowest BCUT2D eigenvalue weighted by Gasteiger charge is -1.89. The molecule has 0 aliphatic carbocycles. The summed E-state index contributed by atoms with van der Waals surface area (Å²) in [6, 6.07) is 0. The Morgan fingerprint density at radius 3 is 1.67 bits per heavy atom. The molecule has 0 radical (unpaired) electrons. The van der Waals surface area contributed by atoms with Gasteiger partial charge in [-0.1, -0.05) is 6.92 Å². The second-order valence-corrected chi connectivity index (χ2v) is 1.69. The molecular formula is C5H10O4+2. The summed E-state index contributed by atoms with van der Waals surface area (Å²) in [5.74, 6) is -2.94. The minimum absolute atomic E-state index is 0.255. The molecule has 0 saturated heterocycles. The highest BCUT2D eigenvalue weighted by Gasteiger charge is 2.36. The molecule has 0 amide bonds. The molecule has 52 valence electrons. The molecule has 0 aromatic rings. The van der Waals surface area contributed by atoms with Crippen LogP contribution in [-0.2, 0) is 9.59 Å². The zero-order valence-corrected chi connectivity index (χ0v) is 5.10. The van der Waals surface area contributed by atoms with E-state index in [0.29, 0.717) is 0 Å². The molecule has 4 N–H and O–H groups in total. The van der Waals surface area contributed by atoms with Gasteiger partial charge in [0, 0.05) is 9.59 Å². The zero-order valence-electron chi connectivity index (χ0n) is 5.10. The molecule has 0 rings (SSSR count). The van der Waals surface area contributed by atoms with Gasteiger partial charge in [-0.05, 0) is 6.42 Å². The van der Waals surface area contributed by atoms with Crippen molar-refractivity contribution >= 4 is 11.9 Å². The summed E-state index contributed by atoms with van der Waals surface area (Å²) >= 11 is 0. The van der Waals surface area contributed by atoms with E-state index in [9.17, 15) is 9.59 Å². The molecule has 0 bridgehead atoms.